The molecule has 3 aromatic rings. The van der Waals surface area contributed by atoms with Crippen molar-refractivity contribution in [1.82, 2.24) is 10.4 Å². The number of amides is 1. The van der Waals surface area contributed by atoms with Gasteiger partial charge >= 0.3 is 0 Å². The van der Waals surface area contributed by atoms with Crippen molar-refractivity contribution in [1.29, 1.82) is 0 Å². The first kappa shape index (κ1) is 20.5. The molecule has 0 unspecified atom stereocenters. The van der Waals surface area contributed by atoms with Crippen LogP contribution in [0.1, 0.15) is 21.8 Å². The van der Waals surface area contributed by atoms with E-state index in [9.17, 15) is 9.18 Å². The summed E-state index contributed by atoms with van der Waals surface area (Å²) in [5.74, 6) is 0.554. The zero-order valence-electron chi connectivity index (χ0n) is 16.0. The van der Waals surface area contributed by atoms with Gasteiger partial charge in [-0.3, -0.25) is 4.79 Å². The van der Waals surface area contributed by atoms with Crippen molar-refractivity contribution in [2.75, 3.05) is 7.11 Å². The average molecular weight is 413 g/mol. The molecule has 0 aliphatic rings. The third-order valence-electron chi connectivity index (χ3n) is 3.91. The fourth-order valence-electron chi connectivity index (χ4n) is 2.50. The lowest BCUT2D eigenvalue weighted by molar-refractivity contribution is -0.120. The number of rotatable bonds is 8. The summed E-state index contributed by atoms with van der Waals surface area (Å²) in [4.78, 5) is 16.2. The van der Waals surface area contributed by atoms with E-state index in [1.165, 1.54) is 29.7 Å². The summed E-state index contributed by atoms with van der Waals surface area (Å²) in [6.45, 7) is 2.18. The van der Waals surface area contributed by atoms with Crippen LogP contribution in [0.25, 0.3) is 0 Å². The molecule has 2 aromatic carbocycles. The number of hydrogen-bond acceptors (Lipinski definition) is 6. The molecule has 0 bridgehead atoms. The highest BCUT2D eigenvalue weighted by Crippen LogP contribution is 2.28. The van der Waals surface area contributed by atoms with Crippen LogP contribution in [0.3, 0.4) is 0 Å². The molecule has 0 spiro atoms. The molecule has 1 N–H and O–H groups in total. The topological polar surface area (TPSA) is 72.8 Å². The van der Waals surface area contributed by atoms with Gasteiger partial charge in [0.2, 0.25) is 5.91 Å². The molecular weight excluding hydrogens is 393 g/mol. The van der Waals surface area contributed by atoms with E-state index >= 15 is 0 Å². The Morgan fingerprint density at radius 2 is 2.03 bits per heavy atom. The lowest BCUT2D eigenvalue weighted by Crippen LogP contribution is -2.19. The maximum Gasteiger partial charge on any atom is 0.246 e. The minimum Gasteiger partial charge on any atom is -0.493 e. The zero-order valence-corrected chi connectivity index (χ0v) is 16.8. The van der Waals surface area contributed by atoms with Crippen LogP contribution in [-0.4, -0.2) is 24.2 Å². The summed E-state index contributed by atoms with van der Waals surface area (Å²) >= 11 is 1.50. The lowest BCUT2D eigenvalue weighted by Gasteiger charge is -2.11. The fraction of sp³-hybridized carbons (Fsp3) is 0.190. The number of aromatic nitrogens is 1. The highest BCUT2D eigenvalue weighted by molar-refractivity contribution is 7.09. The minimum absolute atomic E-state index is 0.182. The summed E-state index contributed by atoms with van der Waals surface area (Å²) in [5.41, 5.74) is 4.79. The number of nitrogens with zero attached hydrogens (tertiary/aromatic N) is 2. The molecule has 3 rings (SSSR count). The molecule has 150 valence electrons. The van der Waals surface area contributed by atoms with Crippen molar-refractivity contribution in [3.63, 3.8) is 0 Å². The van der Waals surface area contributed by atoms with Gasteiger partial charge in [-0.15, -0.1) is 11.3 Å². The number of benzene rings is 2. The Morgan fingerprint density at radius 3 is 2.72 bits per heavy atom. The normalized spacial score (nSPS) is 10.9. The van der Waals surface area contributed by atoms with Crippen LogP contribution in [0.2, 0.25) is 0 Å². The Balaban J connectivity index is 1.56. The molecule has 29 heavy (non-hydrogen) atoms. The third kappa shape index (κ3) is 6.11. The average Bonchev–Trinajstić information content (AvgIpc) is 3.12. The van der Waals surface area contributed by atoms with E-state index < -0.39 is 0 Å². The van der Waals surface area contributed by atoms with Crippen LogP contribution >= 0.6 is 11.3 Å². The molecule has 0 atom stereocenters. The molecule has 0 aliphatic heterocycles. The number of thiazole rings is 1. The molecule has 1 aromatic heterocycles. The van der Waals surface area contributed by atoms with E-state index in [1.54, 1.807) is 37.4 Å². The molecule has 1 amide bonds. The van der Waals surface area contributed by atoms with Gasteiger partial charge in [-0.25, -0.2) is 14.8 Å². The number of aryl methyl sites for hydroxylation is 1. The first-order chi connectivity index (χ1) is 14.0. The highest BCUT2D eigenvalue weighted by Gasteiger charge is 2.07. The quantitative estimate of drug-likeness (QED) is 0.449. The van der Waals surface area contributed by atoms with E-state index in [-0.39, 0.29) is 24.8 Å². The zero-order chi connectivity index (χ0) is 20.6. The second kappa shape index (κ2) is 9.79. The Kier molecular flexibility index (Phi) is 6.91. The van der Waals surface area contributed by atoms with Gasteiger partial charge in [0, 0.05) is 5.38 Å². The van der Waals surface area contributed by atoms with Crippen LogP contribution in [0.5, 0.6) is 11.5 Å². The standard InChI is InChI=1S/C21H20FN3O3S/c1-14-24-18(13-29-14)10-21(26)25-23-11-16-5-8-19(20(9-16)27-2)28-12-15-3-6-17(22)7-4-15/h3-9,11,13H,10,12H2,1-2H3,(H,25,26)/b23-11-. The first-order valence-corrected chi connectivity index (χ1v) is 9.69. The number of hydrogen-bond donors (Lipinski definition) is 1. The van der Waals surface area contributed by atoms with Crippen molar-refractivity contribution in [2.24, 2.45) is 5.10 Å². The summed E-state index contributed by atoms with van der Waals surface area (Å²) < 4.78 is 24.1. The first-order valence-electron chi connectivity index (χ1n) is 8.81. The van der Waals surface area contributed by atoms with Gasteiger partial charge in [0.1, 0.15) is 12.4 Å². The number of carbonyl (C=O) groups is 1. The van der Waals surface area contributed by atoms with Gasteiger partial charge in [0.05, 0.1) is 30.4 Å². The van der Waals surface area contributed by atoms with Gasteiger partial charge < -0.3 is 9.47 Å². The molecule has 0 saturated heterocycles. The second-order valence-corrected chi connectivity index (χ2v) is 7.22. The smallest absolute Gasteiger partial charge is 0.246 e. The van der Waals surface area contributed by atoms with E-state index in [0.29, 0.717) is 11.5 Å². The van der Waals surface area contributed by atoms with Crippen LogP contribution < -0.4 is 14.9 Å². The van der Waals surface area contributed by atoms with E-state index in [0.717, 1.165) is 21.8 Å². The lowest BCUT2D eigenvalue weighted by atomic mass is 10.2. The van der Waals surface area contributed by atoms with Crippen molar-refractivity contribution >= 4 is 23.5 Å². The SMILES string of the molecule is COc1cc(/C=N\NC(=O)Cc2csc(C)n2)ccc1OCc1ccc(F)cc1. The molecule has 0 aliphatic carbocycles. The molecule has 6 nitrogen and oxygen atoms in total. The number of methoxy groups -OCH3 is 1. The van der Waals surface area contributed by atoms with Crippen LogP contribution in [0.4, 0.5) is 4.39 Å². The van der Waals surface area contributed by atoms with Crippen molar-refractivity contribution in [3.8, 4) is 11.5 Å². The molecule has 8 heteroatoms. The molecule has 1 heterocycles. The molecular formula is C21H20FN3O3S. The molecule has 0 saturated carbocycles. The Morgan fingerprint density at radius 1 is 1.24 bits per heavy atom. The fourth-order valence-corrected chi connectivity index (χ4v) is 3.11. The van der Waals surface area contributed by atoms with Gasteiger partial charge in [-0.05, 0) is 48.4 Å². The van der Waals surface area contributed by atoms with Crippen molar-refractivity contribution in [3.05, 3.63) is 75.5 Å². The number of hydrazone groups is 1. The summed E-state index contributed by atoms with van der Waals surface area (Å²) in [7, 11) is 1.54. The van der Waals surface area contributed by atoms with Crippen LogP contribution in [-0.2, 0) is 17.8 Å². The van der Waals surface area contributed by atoms with Crippen LogP contribution in [0.15, 0.2) is 52.9 Å². The number of carbonyl (C=O) groups excluding carboxylic acids is 1. The van der Waals surface area contributed by atoms with Gasteiger partial charge in [0.25, 0.3) is 0 Å². The molecule has 0 radical (unpaired) electrons. The maximum absolute atomic E-state index is 13.0. The predicted molar refractivity (Wildman–Crippen MR) is 110 cm³/mol. The van der Waals surface area contributed by atoms with Crippen LogP contribution in [0, 0.1) is 12.7 Å². The number of nitrogens with one attached hydrogen (secondary N) is 1. The van der Waals surface area contributed by atoms with Crippen molar-refractivity contribution < 1.29 is 18.7 Å². The number of ether oxygens (including phenoxy) is 2. The summed E-state index contributed by atoms with van der Waals surface area (Å²) in [5, 5.41) is 6.75. The second-order valence-electron chi connectivity index (χ2n) is 6.15. The van der Waals surface area contributed by atoms with E-state index in [4.69, 9.17) is 9.47 Å². The minimum atomic E-state index is -0.288. The maximum atomic E-state index is 13.0. The Bertz CT molecular complexity index is 1000. The Hall–Kier alpha value is -3.26. The van der Waals surface area contributed by atoms with E-state index in [1.807, 2.05) is 12.3 Å². The Labute approximate surface area is 172 Å². The van der Waals surface area contributed by atoms with Gasteiger partial charge in [-0.1, -0.05) is 12.1 Å². The highest BCUT2D eigenvalue weighted by atomic mass is 32.1. The molecule has 0 fully saturated rings. The summed E-state index contributed by atoms with van der Waals surface area (Å²) in [6, 6.07) is 11.4. The predicted octanol–water partition coefficient (Wildman–Crippen LogP) is 3.87. The van der Waals surface area contributed by atoms with E-state index in [2.05, 4.69) is 15.5 Å². The van der Waals surface area contributed by atoms with Gasteiger partial charge in [-0.2, -0.15) is 5.10 Å². The monoisotopic (exact) mass is 413 g/mol. The third-order valence-corrected chi connectivity index (χ3v) is 4.73. The summed E-state index contributed by atoms with van der Waals surface area (Å²) in [6.07, 6.45) is 1.71. The van der Waals surface area contributed by atoms with Gasteiger partial charge in [0.15, 0.2) is 11.5 Å². The van der Waals surface area contributed by atoms with Crippen molar-refractivity contribution in [2.45, 2.75) is 20.0 Å². The number of halogens is 1. The largest absolute Gasteiger partial charge is 0.493 e.